The standard InChI is InChI=1S/C18H24N2O3/c1-18(2,3)23-17(21)19-15-7-6-11-8-12-4-5-13(16(12)20-22)9-14(11)10-15/h6-7,10,12-13,16H,4-5,8-9H2,1-3H3,(H,19,21). The number of hydrogen-bond acceptors (Lipinski definition) is 4. The highest BCUT2D eigenvalue weighted by Gasteiger charge is 2.40. The van der Waals surface area contributed by atoms with Gasteiger partial charge in [0.2, 0.25) is 0 Å². The average molecular weight is 316 g/mol. The second-order valence-corrected chi connectivity index (χ2v) is 7.71. The number of nitrogens with one attached hydrogen (secondary N) is 1. The van der Waals surface area contributed by atoms with E-state index in [4.69, 9.17) is 4.74 Å². The molecule has 3 atom stereocenters. The number of ether oxygens (including phenoxy) is 1. The van der Waals surface area contributed by atoms with Crippen LogP contribution >= 0.6 is 0 Å². The van der Waals surface area contributed by atoms with Gasteiger partial charge in [0, 0.05) is 5.69 Å². The summed E-state index contributed by atoms with van der Waals surface area (Å²) in [5.41, 5.74) is 2.73. The fourth-order valence-corrected chi connectivity index (χ4v) is 3.85. The van der Waals surface area contributed by atoms with Crippen LogP contribution in [0.2, 0.25) is 0 Å². The van der Waals surface area contributed by atoms with Crippen molar-refractivity contribution in [3.63, 3.8) is 0 Å². The first-order valence-electron chi connectivity index (χ1n) is 8.30. The Kier molecular flexibility index (Phi) is 4.13. The van der Waals surface area contributed by atoms with E-state index in [2.05, 4.69) is 16.6 Å². The van der Waals surface area contributed by atoms with Gasteiger partial charge in [0.05, 0.1) is 6.04 Å². The number of nitrogens with zero attached hydrogens (tertiary/aromatic N) is 1. The molecule has 0 saturated heterocycles. The Bertz CT molecular complexity index is 621. The highest BCUT2D eigenvalue weighted by atomic mass is 16.6. The van der Waals surface area contributed by atoms with Crippen molar-refractivity contribution in [3.8, 4) is 0 Å². The van der Waals surface area contributed by atoms with Gasteiger partial charge in [0.1, 0.15) is 5.60 Å². The Balaban J connectivity index is 1.76. The van der Waals surface area contributed by atoms with E-state index < -0.39 is 11.7 Å². The van der Waals surface area contributed by atoms with Crippen molar-refractivity contribution < 1.29 is 9.53 Å². The van der Waals surface area contributed by atoms with Gasteiger partial charge in [0.15, 0.2) is 0 Å². The molecule has 1 aromatic carbocycles. The Morgan fingerprint density at radius 1 is 1.17 bits per heavy atom. The van der Waals surface area contributed by atoms with Crippen LogP contribution in [0.15, 0.2) is 23.4 Å². The molecule has 23 heavy (non-hydrogen) atoms. The topological polar surface area (TPSA) is 67.8 Å². The third kappa shape index (κ3) is 3.54. The van der Waals surface area contributed by atoms with Gasteiger partial charge in [-0.3, -0.25) is 5.32 Å². The Hall–Kier alpha value is -1.91. The lowest BCUT2D eigenvalue weighted by molar-refractivity contribution is 0.0636. The summed E-state index contributed by atoms with van der Waals surface area (Å²) in [7, 11) is 0. The number of rotatable bonds is 2. The number of fused-ring (bicyclic) bond motifs is 3. The summed E-state index contributed by atoms with van der Waals surface area (Å²) in [6.07, 6.45) is 3.50. The molecule has 0 spiro atoms. The molecule has 1 N–H and O–H groups in total. The van der Waals surface area contributed by atoms with E-state index >= 15 is 0 Å². The lowest BCUT2D eigenvalue weighted by atomic mass is 9.93. The zero-order valence-electron chi connectivity index (χ0n) is 14.0. The maximum atomic E-state index is 11.9. The van der Waals surface area contributed by atoms with E-state index in [1.165, 1.54) is 11.1 Å². The molecule has 2 aliphatic carbocycles. The minimum Gasteiger partial charge on any atom is -0.444 e. The van der Waals surface area contributed by atoms with Crippen LogP contribution in [0.25, 0.3) is 0 Å². The van der Waals surface area contributed by atoms with Gasteiger partial charge in [-0.15, -0.1) is 0 Å². The van der Waals surface area contributed by atoms with E-state index in [-0.39, 0.29) is 6.04 Å². The minimum atomic E-state index is -0.516. The molecule has 1 amide bonds. The summed E-state index contributed by atoms with van der Waals surface area (Å²) in [5, 5.41) is 6.18. The quantitative estimate of drug-likeness (QED) is 0.827. The first-order valence-corrected chi connectivity index (χ1v) is 8.30. The second kappa shape index (κ2) is 5.95. The first-order chi connectivity index (χ1) is 10.9. The van der Waals surface area contributed by atoms with Crippen molar-refractivity contribution in [1.29, 1.82) is 0 Å². The van der Waals surface area contributed by atoms with Crippen LogP contribution in [0.3, 0.4) is 0 Å². The van der Waals surface area contributed by atoms with Crippen LogP contribution in [-0.4, -0.2) is 17.7 Å². The zero-order valence-corrected chi connectivity index (χ0v) is 14.0. The third-order valence-electron chi connectivity index (χ3n) is 4.81. The molecule has 3 rings (SSSR count). The Morgan fingerprint density at radius 2 is 1.83 bits per heavy atom. The largest absolute Gasteiger partial charge is 0.444 e. The predicted molar refractivity (Wildman–Crippen MR) is 89.5 cm³/mol. The second-order valence-electron chi connectivity index (χ2n) is 7.71. The van der Waals surface area contributed by atoms with E-state index in [0.29, 0.717) is 11.8 Å². The maximum Gasteiger partial charge on any atom is 0.412 e. The lowest BCUT2D eigenvalue weighted by Gasteiger charge is -2.20. The van der Waals surface area contributed by atoms with Crippen LogP contribution in [-0.2, 0) is 17.6 Å². The van der Waals surface area contributed by atoms with Crippen LogP contribution in [0.1, 0.15) is 44.7 Å². The van der Waals surface area contributed by atoms with Crippen molar-refractivity contribution >= 4 is 11.8 Å². The third-order valence-corrected chi connectivity index (χ3v) is 4.81. The highest BCUT2D eigenvalue weighted by Crippen LogP contribution is 2.42. The van der Waals surface area contributed by atoms with Gasteiger partial charge < -0.3 is 4.74 Å². The first kappa shape index (κ1) is 16.0. The molecular weight excluding hydrogens is 292 g/mol. The van der Waals surface area contributed by atoms with Crippen LogP contribution in [0.5, 0.6) is 0 Å². The summed E-state index contributed by atoms with van der Waals surface area (Å²) in [5.74, 6) is 0.721. The van der Waals surface area contributed by atoms with E-state index in [1.54, 1.807) is 0 Å². The molecule has 0 aromatic heterocycles. The van der Waals surface area contributed by atoms with E-state index in [1.807, 2.05) is 32.9 Å². The van der Waals surface area contributed by atoms with Gasteiger partial charge in [-0.25, -0.2) is 4.79 Å². The van der Waals surface area contributed by atoms with Crippen molar-refractivity contribution in [2.75, 3.05) is 5.32 Å². The minimum absolute atomic E-state index is 0.0512. The highest BCUT2D eigenvalue weighted by molar-refractivity contribution is 5.85. The number of hydrogen-bond donors (Lipinski definition) is 1. The molecule has 5 heteroatoms. The van der Waals surface area contributed by atoms with Gasteiger partial charge in [-0.05, 0) is 81.5 Å². The number of carbonyl (C=O) groups is 1. The molecule has 1 saturated carbocycles. The van der Waals surface area contributed by atoms with Crippen molar-refractivity contribution in [2.24, 2.45) is 17.0 Å². The van der Waals surface area contributed by atoms with Crippen molar-refractivity contribution in [2.45, 2.75) is 58.1 Å². The maximum absolute atomic E-state index is 11.9. The zero-order chi connectivity index (χ0) is 16.6. The van der Waals surface area contributed by atoms with Crippen LogP contribution in [0, 0.1) is 16.7 Å². The SMILES string of the molecule is CC(C)(C)OC(=O)Nc1ccc2c(c1)CC1CCC(C2)C1N=O. The summed E-state index contributed by atoms with van der Waals surface area (Å²) in [4.78, 5) is 23.0. The Morgan fingerprint density at radius 3 is 2.43 bits per heavy atom. The molecule has 1 aromatic rings. The molecule has 1 fully saturated rings. The number of anilines is 1. The molecule has 2 aliphatic rings. The van der Waals surface area contributed by atoms with Gasteiger partial charge >= 0.3 is 6.09 Å². The van der Waals surface area contributed by atoms with Gasteiger partial charge in [-0.2, -0.15) is 4.91 Å². The van der Waals surface area contributed by atoms with E-state index in [9.17, 15) is 9.70 Å². The molecule has 0 aliphatic heterocycles. The summed E-state index contributed by atoms with van der Waals surface area (Å²) >= 11 is 0. The van der Waals surface area contributed by atoms with Crippen molar-refractivity contribution in [3.05, 3.63) is 34.2 Å². The molecule has 5 nitrogen and oxygen atoms in total. The molecule has 0 radical (unpaired) electrons. The van der Waals surface area contributed by atoms with E-state index in [0.717, 1.165) is 31.4 Å². The fraction of sp³-hybridized carbons (Fsp3) is 0.611. The van der Waals surface area contributed by atoms with Gasteiger partial charge in [0.25, 0.3) is 0 Å². The molecular formula is C18H24N2O3. The number of nitroso groups, excluding NO2 is 1. The molecule has 0 heterocycles. The molecule has 3 unspecified atom stereocenters. The van der Waals surface area contributed by atoms with Crippen LogP contribution < -0.4 is 5.32 Å². The average Bonchev–Trinajstić information content (AvgIpc) is 2.72. The fourth-order valence-electron chi connectivity index (χ4n) is 3.85. The normalized spacial score (nSPS) is 26.1. The summed E-state index contributed by atoms with van der Waals surface area (Å²) in [6, 6.07) is 5.93. The predicted octanol–water partition coefficient (Wildman–Crippen LogP) is 4.29. The molecule has 124 valence electrons. The monoisotopic (exact) mass is 316 g/mol. The Labute approximate surface area is 136 Å². The van der Waals surface area contributed by atoms with Crippen molar-refractivity contribution in [1.82, 2.24) is 0 Å². The number of carbonyl (C=O) groups excluding carboxylic acids is 1. The summed E-state index contributed by atoms with van der Waals surface area (Å²) < 4.78 is 5.29. The smallest absolute Gasteiger partial charge is 0.412 e. The summed E-state index contributed by atoms with van der Waals surface area (Å²) in [6.45, 7) is 5.52. The molecule has 2 bridgehead atoms. The number of amides is 1. The lowest BCUT2D eigenvalue weighted by Crippen LogP contribution is -2.27. The van der Waals surface area contributed by atoms with Crippen LogP contribution in [0.4, 0.5) is 10.5 Å². The number of benzene rings is 1. The van der Waals surface area contributed by atoms with Gasteiger partial charge in [-0.1, -0.05) is 11.2 Å².